The SMILES string of the molecule is CCCC/C=[C]\c1cc(C)c(C)c(C)c1. The second-order valence-electron chi connectivity index (χ2n) is 4.23. The van der Waals surface area contributed by atoms with Crippen molar-refractivity contribution in [1.29, 1.82) is 0 Å². The van der Waals surface area contributed by atoms with E-state index in [9.17, 15) is 0 Å². The molecule has 0 spiro atoms. The van der Waals surface area contributed by atoms with Gasteiger partial charge in [-0.3, -0.25) is 0 Å². The van der Waals surface area contributed by atoms with Gasteiger partial charge in [0.05, 0.1) is 0 Å². The lowest BCUT2D eigenvalue weighted by atomic mass is 10.0. The third-order valence-corrected chi connectivity index (χ3v) is 2.90. The molecule has 0 unspecified atom stereocenters. The zero-order chi connectivity index (χ0) is 11.3. The molecule has 0 aliphatic heterocycles. The molecule has 0 aliphatic rings. The van der Waals surface area contributed by atoms with Gasteiger partial charge in [-0.25, -0.2) is 0 Å². The number of aryl methyl sites for hydroxylation is 2. The highest BCUT2D eigenvalue weighted by molar-refractivity contribution is 5.39. The highest BCUT2D eigenvalue weighted by atomic mass is 14.0. The highest BCUT2D eigenvalue weighted by Gasteiger charge is 1.98. The first-order chi connectivity index (χ1) is 7.15. The van der Waals surface area contributed by atoms with Crippen molar-refractivity contribution in [2.24, 2.45) is 0 Å². The first-order valence-corrected chi connectivity index (χ1v) is 5.81. The van der Waals surface area contributed by atoms with Gasteiger partial charge in [-0.1, -0.05) is 38.0 Å². The Labute approximate surface area is 94.0 Å². The van der Waals surface area contributed by atoms with Crippen LogP contribution in [0.2, 0.25) is 0 Å². The topological polar surface area (TPSA) is 0 Å². The van der Waals surface area contributed by atoms with E-state index in [1.807, 2.05) is 0 Å². The van der Waals surface area contributed by atoms with Gasteiger partial charge in [-0.05, 0) is 55.5 Å². The van der Waals surface area contributed by atoms with Gasteiger partial charge in [0.2, 0.25) is 0 Å². The summed E-state index contributed by atoms with van der Waals surface area (Å²) in [6, 6.07) is 4.43. The fourth-order valence-electron chi connectivity index (χ4n) is 1.62. The zero-order valence-electron chi connectivity index (χ0n) is 10.4. The minimum absolute atomic E-state index is 1.14. The summed E-state index contributed by atoms with van der Waals surface area (Å²) >= 11 is 0. The van der Waals surface area contributed by atoms with E-state index >= 15 is 0 Å². The number of hydrogen-bond acceptors (Lipinski definition) is 0. The van der Waals surface area contributed by atoms with Gasteiger partial charge in [0.25, 0.3) is 0 Å². The molecule has 1 aromatic carbocycles. The Bertz CT molecular complexity index is 322. The standard InChI is InChI=1S/C15H21/c1-5-6-7-8-9-15-10-12(2)14(4)13(3)11-15/h8,10-11H,5-7H2,1-4H3. The minimum Gasteiger partial charge on any atom is -0.0760 e. The van der Waals surface area contributed by atoms with Crippen LogP contribution in [0.1, 0.15) is 48.4 Å². The van der Waals surface area contributed by atoms with Crippen molar-refractivity contribution in [3.63, 3.8) is 0 Å². The molecule has 0 heteroatoms. The average Bonchev–Trinajstić information content (AvgIpc) is 2.21. The molecule has 15 heavy (non-hydrogen) atoms. The summed E-state index contributed by atoms with van der Waals surface area (Å²) in [5, 5.41) is 0. The zero-order valence-corrected chi connectivity index (χ0v) is 10.4. The molecular formula is C15H21. The van der Waals surface area contributed by atoms with Crippen LogP contribution in [0, 0.1) is 26.8 Å². The summed E-state index contributed by atoms with van der Waals surface area (Å²) in [6.45, 7) is 8.72. The molecule has 0 saturated carbocycles. The monoisotopic (exact) mass is 201 g/mol. The average molecular weight is 201 g/mol. The van der Waals surface area contributed by atoms with Crippen LogP contribution in [0.4, 0.5) is 0 Å². The van der Waals surface area contributed by atoms with E-state index in [1.54, 1.807) is 0 Å². The first kappa shape index (κ1) is 12.0. The molecule has 1 rings (SSSR count). The van der Waals surface area contributed by atoms with Crippen molar-refractivity contribution < 1.29 is 0 Å². The van der Waals surface area contributed by atoms with Gasteiger partial charge >= 0.3 is 0 Å². The van der Waals surface area contributed by atoms with Crippen LogP contribution in [0.3, 0.4) is 0 Å². The molecule has 0 bridgehead atoms. The third kappa shape index (κ3) is 3.54. The van der Waals surface area contributed by atoms with Crippen molar-refractivity contribution in [2.75, 3.05) is 0 Å². The van der Waals surface area contributed by atoms with Gasteiger partial charge in [-0.2, -0.15) is 0 Å². The highest BCUT2D eigenvalue weighted by Crippen LogP contribution is 2.15. The molecule has 0 fully saturated rings. The molecule has 1 aromatic rings. The predicted octanol–water partition coefficient (Wildman–Crippen LogP) is 4.51. The largest absolute Gasteiger partial charge is 0.0760 e. The fraction of sp³-hybridized carbons (Fsp3) is 0.467. The van der Waals surface area contributed by atoms with Gasteiger partial charge in [0, 0.05) is 0 Å². The minimum atomic E-state index is 1.14. The molecule has 0 nitrogen and oxygen atoms in total. The van der Waals surface area contributed by atoms with Crippen molar-refractivity contribution in [3.8, 4) is 0 Å². The Hall–Kier alpha value is -1.04. The van der Waals surface area contributed by atoms with Crippen LogP contribution < -0.4 is 0 Å². The summed E-state index contributed by atoms with van der Waals surface area (Å²) in [4.78, 5) is 0. The molecule has 0 atom stereocenters. The number of allylic oxidation sites excluding steroid dienone is 1. The second kappa shape index (κ2) is 5.75. The molecule has 0 N–H and O–H groups in total. The molecule has 0 aromatic heterocycles. The summed E-state index contributed by atoms with van der Waals surface area (Å²) < 4.78 is 0. The van der Waals surface area contributed by atoms with E-state index in [4.69, 9.17) is 0 Å². The smallest absolute Gasteiger partial charge is 0.0148 e. The van der Waals surface area contributed by atoms with E-state index in [0.29, 0.717) is 0 Å². The molecular weight excluding hydrogens is 180 g/mol. The fourth-order valence-corrected chi connectivity index (χ4v) is 1.62. The van der Waals surface area contributed by atoms with Crippen molar-refractivity contribution in [1.82, 2.24) is 0 Å². The normalized spacial score (nSPS) is 11.2. The predicted molar refractivity (Wildman–Crippen MR) is 67.1 cm³/mol. The van der Waals surface area contributed by atoms with Crippen LogP contribution in [0.25, 0.3) is 0 Å². The molecule has 0 aliphatic carbocycles. The summed E-state index contributed by atoms with van der Waals surface area (Å²) in [7, 11) is 0. The van der Waals surface area contributed by atoms with Crippen molar-refractivity contribution in [2.45, 2.75) is 47.0 Å². The number of rotatable bonds is 4. The van der Waals surface area contributed by atoms with E-state index in [0.717, 1.165) is 6.42 Å². The number of unbranched alkanes of at least 4 members (excludes halogenated alkanes) is 2. The Morgan fingerprint density at radius 2 is 1.73 bits per heavy atom. The molecule has 1 radical (unpaired) electrons. The van der Waals surface area contributed by atoms with Gasteiger partial charge in [0.15, 0.2) is 0 Å². The van der Waals surface area contributed by atoms with E-state index in [1.165, 1.54) is 35.1 Å². The Morgan fingerprint density at radius 3 is 2.27 bits per heavy atom. The van der Waals surface area contributed by atoms with E-state index in [-0.39, 0.29) is 0 Å². The van der Waals surface area contributed by atoms with Crippen LogP contribution in [-0.4, -0.2) is 0 Å². The van der Waals surface area contributed by atoms with Gasteiger partial charge < -0.3 is 0 Å². The second-order valence-corrected chi connectivity index (χ2v) is 4.23. The van der Waals surface area contributed by atoms with Crippen LogP contribution in [0.15, 0.2) is 18.2 Å². The maximum Gasteiger partial charge on any atom is -0.0148 e. The quantitative estimate of drug-likeness (QED) is 0.629. The summed E-state index contributed by atoms with van der Waals surface area (Å²) in [5.74, 6) is 0. The molecule has 0 amide bonds. The number of benzene rings is 1. The van der Waals surface area contributed by atoms with Crippen LogP contribution >= 0.6 is 0 Å². The van der Waals surface area contributed by atoms with E-state index < -0.39 is 0 Å². The van der Waals surface area contributed by atoms with Gasteiger partial charge in [0.1, 0.15) is 0 Å². The lowest BCUT2D eigenvalue weighted by Crippen LogP contribution is -1.88. The maximum absolute atomic E-state index is 3.36. The van der Waals surface area contributed by atoms with Gasteiger partial charge in [-0.15, -0.1) is 0 Å². The summed E-state index contributed by atoms with van der Waals surface area (Å²) in [6.07, 6.45) is 9.18. The van der Waals surface area contributed by atoms with E-state index in [2.05, 4.69) is 52.0 Å². The number of hydrogen-bond donors (Lipinski definition) is 0. The molecule has 0 heterocycles. The maximum atomic E-state index is 3.36. The lowest BCUT2D eigenvalue weighted by molar-refractivity contribution is 0.813. The first-order valence-electron chi connectivity index (χ1n) is 5.81. The van der Waals surface area contributed by atoms with Crippen LogP contribution in [0.5, 0.6) is 0 Å². The van der Waals surface area contributed by atoms with Crippen LogP contribution in [-0.2, 0) is 0 Å². The van der Waals surface area contributed by atoms with Crippen molar-refractivity contribution >= 4 is 0 Å². The molecule has 0 saturated heterocycles. The Kier molecular flexibility index (Phi) is 4.61. The Morgan fingerprint density at radius 1 is 1.13 bits per heavy atom. The Balaban J connectivity index is 2.74. The lowest BCUT2D eigenvalue weighted by Gasteiger charge is -2.05. The summed E-state index contributed by atoms with van der Waals surface area (Å²) in [5.41, 5.74) is 5.34. The molecule has 81 valence electrons. The van der Waals surface area contributed by atoms with Crippen molar-refractivity contribution in [3.05, 3.63) is 46.5 Å². The third-order valence-electron chi connectivity index (χ3n) is 2.90.